The zero-order valence-corrected chi connectivity index (χ0v) is 15.2. The van der Waals surface area contributed by atoms with Crippen LogP contribution < -0.4 is 10.1 Å². The van der Waals surface area contributed by atoms with Crippen molar-refractivity contribution in [2.75, 3.05) is 0 Å². The van der Waals surface area contributed by atoms with Gasteiger partial charge in [0.05, 0.1) is 0 Å². The van der Waals surface area contributed by atoms with Crippen LogP contribution >= 0.6 is 0 Å². The molecule has 0 aliphatic rings. The molecule has 0 heterocycles. The predicted octanol–water partition coefficient (Wildman–Crippen LogP) is 3.70. The van der Waals surface area contributed by atoms with Crippen LogP contribution in [0, 0.1) is 6.92 Å². The Hall–Kier alpha value is -3.08. The highest BCUT2D eigenvalue weighted by atomic mass is 16.5. The van der Waals surface area contributed by atoms with E-state index in [9.17, 15) is 14.7 Å². The van der Waals surface area contributed by atoms with Crippen LogP contribution in [-0.2, 0) is 22.6 Å². The van der Waals surface area contributed by atoms with Gasteiger partial charge in [-0.2, -0.15) is 0 Å². The van der Waals surface area contributed by atoms with Gasteiger partial charge in [0.1, 0.15) is 18.1 Å². The molecule has 0 bridgehead atoms. The first-order valence-corrected chi connectivity index (χ1v) is 8.43. The van der Waals surface area contributed by atoms with E-state index >= 15 is 0 Å². The van der Waals surface area contributed by atoms with Crippen molar-refractivity contribution in [3.8, 4) is 5.75 Å². The van der Waals surface area contributed by atoms with Gasteiger partial charge in [0.15, 0.2) is 0 Å². The van der Waals surface area contributed by atoms with Crippen LogP contribution in [0.1, 0.15) is 36.1 Å². The Morgan fingerprint density at radius 2 is 1.88 bits per heavy atom. The SMILES string of the molecule is CCc1cc(/C=C(/NC(C)=O)C(=O)O)cc(C)c1OCc1ccccc1. The maximum Gasteiger partial charge on any atom is 0.352 e. The van der Waals surface area contributed by atoms with Crippen molar-refractivity contribution in [3.05, 3.63) is 70.4 Å². The zero-order chi connectivity index (χ0) is 19.1. The van der Waals surface area contributed by atoms with Crippen molar-refractivity contribution in [1.82, 2.24) is 5.32 Å². The lowest BCUT2D eigenvalue weighted by Gasteiger charge is -2.15. The molecule has 1 amide bonds. The fourth-order valence-electron chi connectivity index (χ4n) is 2.67. The molecule has 0 aliphatic heterocycles. The molecule has 2 aromatic carbocycles. The van der Waals surface area contributed by atoms with Crippen LogP contribution in [-0.4, -0.2) is 17.0 Å². The summed E-state index contributed by atoms with van der Waals surface area (Å²) in [6, 6.07) is 13.6. The second kappa shape index (κ2) is 8.85. The molecule has 0 aliphatic carbocycles. The molecule has 0 aromatic heterocycles. The first-order chi connectivity index (χ1) is 12.4. The summed E-state index contributed by atoms with van der Waals surface area (Å²) in [6.45, 7) is 5.69. The van der Waals surface area contributed by atoms with Crippen LogP contribution in [0.15, 0.2) is 48.2 Å². The first kappa shape index (κ1) is 19.2. The molecule has 2 rings (SSSR count). The minimum absolute atomic E-state index is 0.156. The van der Waals surface area contributed by atoms with Crippen molar-refractivity contribution in [3.63, 3.8) is 0 Å². The van der Waals surface area contributed by atoms with Gasteiger partial charge < -0.3 is 15.2 Å². The molecule has 5 nitrogen and oxygen atoms in total. The summed E-state index contributed by atoms with van der Waals surface area (Å²) in [5.41, 5.74) is 3.53. The number of carboxylic acids is 1. The number of carboxylic acid groups (broad SMARTS) is 1. The number of amides is 1. The Kier molecular flexibility index (Phi) is 6.55. The summed E-state index contributed by atoms with van der Waals surface area (Å²) in [6.07, 6.45) is 2.20. The van der Waals surface area contributed by atoms with Crippen molar-refractivity contribution in [2.24, 2.45) is 0 Å². The highest BCUT2D eigenvalue weighted by molar-refractivity contribution is 5.96. The van der Waals surface area contributed by atoms with E-state index in [0.29, 0.717) is 12.2 Å². The number of carbonyl (C=O) groups excluding carboxylic acids is 1. The lowest BCUT2D eigenvalue weighted by Crippen LogP contribution is -2.24. The van der Waals surface area contributed by atoms with E-state index in [1.807, 2.05) is 56.3 Å². The first-order valence-electron chi connectivity index (χ1n) is 8.43. The third kappa shape index (κ3) is 5.21. The molecular weight excluding hydrogens is 330 g/mol. The predicted molar refractivity (Wildman–Crippen MR) is 101 cm³/mol. The third-order valence-electron chi connectivity index (χ3n) is 3.83. The van der Waals surface area contributed by atoms with Crippen LogP contribution in [0.2, 0.25) is 0 Å². The Balaban J connectivity index is 2.30. The molecule has 2 N–H and O–H groups in total. The van der Waals surface area contributed by atoms with E-state index in [2.05, 4.69) is 5.32 Å². The molecule has 0 fully saturated rings. The van der Waals surface area contributed by atoms with Crippen molar-refractivity contribution < 1.29 is 19.4 Å². The Bertz CT molecular complexity index is 825. The number of aryl methyl sites for hydroxylation is 2. The molecule has 0 spiro atoms. The van der Waals surface area contributed by atoms with Gasteiger partial charge in [-0.05, 0) is 53.8 Å². The number of carbonyl (C=O) groups is 2. The monoisotopic (exact) mass is 353 g/mol. The van der Waals surface area contributed by atoms with Gasteiger partial charge >= 0.3 is 5.97 Å². The molecule has 0 atom stereocenters. The summed E-state index contributed by atoms with van der Waals surface area (Å²) < 4.78 is 6.01. The van der Waals surface area contributed by atoms with Gasteiger partial charge in [-0.1, -0.05) is 37.3 Å². The van der Waals surface area contributed by atoms with Crippen LogP contribution in [0.5, 0.6) is 5.75 Å². The molecule has 2 aromatic rings. The molecule has 5 heteroatoms. The van der Waals surface area contributed by atoms with Crippen molar-refractivity contribution in [2.45, 2.75) is 33.8 Å². The number of aliphatic carboxylic acids is 1. The van der Waals surface area contributed by atoms with Gasteiger partial charge in [-0.25, -0.2) is 4.79 Å². The maximum atomic E-state index is 11.3. The summed E-state index contributed by atoms with van der Waals surface area (Å²) in [5, 5.41) is 11.6. The Morgan fingerprint density at radius 3 is 2.46 bits per heavy atom. The van der Waals surface area contributed by atoms with Crippen molar-refractivity contribution >= 4 is 18.0 Å². The lowest BCUT2D eigenvalue weighted by atomic mass is 10.0. The number of benzene rings is 2. The van der Waals surface area contributed by atoms with E-state index in [1.165, 1.54) is 13.0 Å². The minimum Gasteiger partial charge on any atom is -0.488 e. The summed E-state index contributed by atoms with van der Waals surface area (Å²) in [4.78, 5) is 22.5. The Labute approximate surface area is 153 Å². The fraction of sp³-hybridized carbons (Fsp3) is 0.238. The van der Waals surface area contributed by atoms with E-state index in [4.69, 9.17) is 4.74 Å². The smallest absolute Gasteiger partial charge is 0.352 e. The molecule has 26 heavy (non-hydrogen) atoms. The third-order valence-corrected chi connectivity index (χ3v) is 3.83. The minimum atomic E-state index is -1.18. The van der Waals surface area contributed by atoms with E-state index in [1.54, 1.807) is 0 Å². The quantitative estimate of drug-likeness (QED) is 0.744. The average molecular weight is 353 g/mol. The highest BCUT2D eigenvalue weighted by Crippen LogP contribution is 2.28. The maximum absolute atomic E-state index is 11.3. The topological polar surface area (TPSA) is 75.6 Å². The number of nitrogens with one attached hydrogen (secondary N) is 1. The van der Waals surface area contributed by atoms with Gasteiger partial charge in [-0.3, -0.25) is 4.79 Å². The zero-order valence-electron chi connectivity index (χ0n) is 15.2. The summed E-state index contributed by atoms with van der Waals surface area (Å²) in [5.74, 6) is -0.792. The van der Waals surface area contributed by atoms with Crippen LogP contribution in [0.4, 0.5) is 0 Å². The molecule has 0 saturated heterocycles. The largest absolute Gasteiger partial charge is 0.488 e. The van der Waals surface area contributed by atoms with Gasteiger partial charge in [0.25, 0.3) is 0 Å². The number of hydrogen-bond acceptors (Lipinski definition) is 3. The second-order valence-corrected chi connectivity index (χ2v) is 6.00. The van der Waals surface area contributed by atoms with Gasteiger partial charge in [0, 0.05) is 6.92 Å². The number of hydrogen-bond donors (Lipinski definition) is 2. The van der Waals surface area contributed by atoms with Gasteiger partial charge in [-0.15, -0.1) is 0 Å². The van der Waals surface area contributed by atoms with Crippen LogP contribution in [0.3, 0.4) is 0 Å². The van der Waals surface area contributed by atoms with Crippen LogP contribution in [0.25, 0.3) is 6.08 Å². The Morgan fingerprint density at radius 1 is 1.19 bits per heavy atom. The fourth-order valence-corrected chi connectivity index (χ4v) is 2.67. The average Bonchev–Trinajstić information content (AvgIpc) is 2.60. The summed E-state index contributed by atoms with van der Waals surface area (Å²) >= 11 is 0. The van der Waals surface area contributed by atoms with E-state index in [0.717, 1.165) is 28.9 Å². The normalized spacial score (nSPS) is 11.1. The lowest BCUT2D eigenvalue weighted by molar-refractivity contribution is -0.134. The molecule has 0 unspecified atom stereocenters. The highest BCUT2D eigenvalue weighted by Gasteiger charge is 2.12. The number of ether oxygens (including phenoxy) is 1. The number of rotatable bonds is 7. The van der Waals surface area contributed by atoms with E-state index in [-0.39, 0.29) is 5.70 Å². The molecule has 0 saturated carbocycles. The summed E-state index contributed by atoms with van der Waals surface area (Å²) in [7, 11) is 0. The molecule has 0 radical (unpaired) electrons. The molecule has 136 valence electrons. The molecular formula is C21H23NO4. The standard InChI is InChI=1S/C21H23NO4/c1-4-18-11-17(12-19(21(24)25)22-15(3)23)10-14(2)20(18)26-13-16-8-6-5-7-9-16/h5-12H,4,13H2,1-3H3,(H,22,23)(H,24,25)/b19-12+. The second-order valence-electron chi connectivity index (χ2n) is 6.00. The van der Waals surface area contributed by atoms with E-state index < -0.39 is 11.9 Å². The van der Waals surface area contributed by atoms with Crippen molar-refractivity contribution in [1.29, 1.82) is 0 Å². The van der Waals surface area contributed by atoms with Gasteiger partial charge in [0.2, 0.25) is 5.91 Å².